The van der Waals surface area contributed by atoms with Crippen LogP contribution in [-0.2, 0) is 16.0 Å². The predicted molar refractivity (Wildman–Crippen MR) is 193 cm³/mol. The van der Waals surface area contributed by atoms with Crippen LogP contribution in [0.15, 0.2) is 108 Å². The second-order valence-corrected chi connectivity index (χ2v) is 12.5. The van der Waals surface area contributed by atoms with E-state index in [-0.39, 0.29) is 29.9 Å². The summed E-state index contributed by atoms with van der Waals surface area (Å²) < 4.78 is 5.48. The smallest absolute Gasteiger partial charge is 0.407 e. The van der Waals surface area contributed by atoms with Crippen molar-refractivity contribution in [2.24, 2.45) is 16.5 Å². The standard InChI is InChI=1S/C39H48N6O3/c1-2-24-48-39(47)44-36(26-28-19-20-29-12-9-10-17-32(29)25-28)34-21-23-45(37(46)35(43-34)18-11-22-42-38(40)41)27-33(30-13-5-3-6-14-30)31-15-7-4-8-16-31/h3-10,12-17,19-20,25,33-36,43H,2,11,18,21-24,26-27H2,1H3,(H,44,47)(H4,40,41,42). The molecule has 252 valence electrons. The molecule has 9 heteroatoms. The van der Waals surface area contributed by atoms with Crippen molar-refractivity contribution in [1.29, 1.82) is 0 Å². The highest BCUT2D eigenvalue weighted by atomic mass is 16.5. The molecule has 1 aliphatic rings. The molecule has 0 saturated carbocycles. The molecule has 0 bridgehead atoms. The number of carbonyl (C=O) groups excluding carboxylic acids is 2. The van der Waals surface area contributed by atoms with E-state index >= 15 is 0 Å². The van der Waals surface area contributed by atoms with Gasteiger partial charge in [0.05, 0.1) is 18.7 Å². The molecule has 1 saturated heterocycles. The average molecular weight is 649 g/mol. The van der Waals surface area contributed by atoms with Crippen LogP contribution >= 0.6 is 0 Å². The zero-order chi connectivity index (χ0) is 33.7. The summed E-state index contributed by atoms with van der Waals surface area (Å²) in [5.41, 5.74) is 14.6. The first-order chi connectivity index (χ1) is 23.4. The monoisotopic (exact) mass is 648 g/mol. The Morgan fingerprint density at radius 3 is 2.29 bits per heavy atom. The Kier molecular flexibility index (Phi) is 12.4. The number of hydrogen-bond donors (Lipinski definition) is 4. The Morgan fingerprint density at radius 2 is 1.62 bits per heavy atom. The molecule has 1 heterocycles. The molecular weight excluding hydrogens is 600 g/mol. The number of nitrogens with zero attached hydrogens (tertiary/aromatic N) is 2. The number of amides is 2. The van der Waals surface area contributed by atoms with Gasteiger partial charge in [-0.2, -0.15) is 0 Å². The van der Waals surface area contributed by atoms with Crippen LogP contribution in [0.1, 0.15) is 55.2 Å². The van der Waals surface area contributed by atoms with Crippen molar-refractivity contribution in [3.8, 4) is 0 Å². The molecule has 3 unspecified atom stereocenters. The fourth-order valence-electron chi connectivity index (χ4n) is 6.54. The number of alkyl carbamates (subject to hydrolysis) is 1. The summed E-state index contributed by atoms with van der Waals surface area (Å²) in [6, 6.07) is 34.3. The SMILES string of the molecule is CCCOC(=O)NC(Cc1ccc2ccccc2c1)C1CCN(CC(c2ccccc2)c2ccccc2)C(=O)C(CCCN=C(N)N)N1. The van der Waals surface area contributed by atoms with Crippen LogP contribution in [0.2, 0.25) is 0 Å². The van der Waals surface area contributed by atoms with E-state index in [9.17, 15) is 9.59 Å². The number of rotatable bonds is 14. The van der Waals surface area contributed by atoms with Crippen LogP contribution in [0.5, 0.6) is 0 Å². The van der Waals surface area contributed by atoms with Crippen molar-refractivity contribution in [2.75, 3.05) is 26.2 Å². The summed E-state index contributed by atoms with van der Waals surface area (Å²) >= 11 is 0. The third-order valence-corrected chi connectivity index (χ3v) is 8.98. The minimum absolute atomic E-state index is 0.00531. The first-order valence-corrected chi connectivity index (χ1v) is 17.0. The van der Waals surface area contributed by atoms with E-state index in [2.05, 4.69) is 70.2 Å². The van der Waals surface area contributed by atoms with Gasteiger partial charge in [-0.05, 0) is 59.6 Å². The van der Waals surface area contributed by atoms with Crippen molar-refractivity contribution in [2.45, 2.75) is 63.1 Å². The van der Waals surface area contributed by atoms with Crippen LogP contribution in [0.4, 0.5) is 4.79 Å². The fraction of sp³-hybridized carbons (Fsp3) is 0.359. The van der Waals surface area contributed by atoms with Gasteiger partial charge < -0.3 is 31.7 Å². The molecule has 5 rings (SSSR count). The molecule has 2 amide bonds. The molecule has 1 aliphatic heterocycles. The third kappa shape index (κ3) is 9.58. The highest BCUT2D eigenvalue weighted by molar-refractivity contribution is 5.83. The minimum atomic E-state index is -0.480. The highest BCUT2D eigenvalue weighted by Gasteiger charge is 2.36. The maximum absolute atomic E-state index is 14.4. The molecule has 0 spiro atoms. The highest BCUT2D eigenvalue weighted by Crippen LogP contribution is 2.28. The summed E-state index contributed by atoms with van der Waals surface area (Å²) in [4.78, 5) is 33.5. The Labute approximate surface area is 283 Å². The first-order valence-electron chi connectivity index (χ1n) is 17.0. The quantitative estimate of drug-likeness (QED) is 0.0830. The number of carbonyl (C=O) groups is 2. The first kappa shape index (κ1) is 34.4. The van der Waals surface area contributed by atoms with Gasteiger partial charge in [-0.1, -0.05) is 110 Å². The molecule has 0 aliphatic carbocycles. The van der Waals surface area contributed by atoms with Gasteiger partial charge in [0.25, 0.3) is 0 Å². The summed E-state index contributed by atoms with van der Waals surface area (Å²) in [5.74, 6) is 0.0799. The molecule has 4 aromatic rings. The van der Waals surface area contributed by atoms with Gasteiger partial charge in [-0.3, -0.25) is 9.79 Å². The van der Waals surface area contributed by atoms with Gasteiger partial charge in [0.1, 0.15) is 0 Å². The lowest BCUT2D eigenvalue weighted by Gasteiger charge is -2.30. The number of nitrogens with one attached hydrogen (secondary N) is 2. The van der Waals surface area contributed by atoms with E-state index in [0.29, 0.717) is 51.9 Å². The zero-order valence-electron chi connectivity index (χ0n) is 27.8. The lowest BCUT2D eigenvalue weighted by atomic mass is 9.90. The molecule has 0 aromatic heterocycles. The van der Waals surface area contributed by atoms with Crippen LogP contribution < -0.4 is 22.1 Å². The van der Waals surface area contributed by atoms with E-state index in [4.69, 9.17) is 16.2 Å². The number of aliphatic imine (C=N–C) groups is 1. The second-order valence-electron chi connectivity index (χ2n) is 12.5. The van der Waals surface area contributed by atoms with E-state index in [1.165, 1.54) is 0 Å². The van der Waals surface area contributed by atoms with Gasteiger partial charge >= 0.3 is 6.09 Å². The van der Waals surface area contributed by atoms with Crippen LogP contribution in [0.3, 0.4) is 0 Å². The molecule has 48 heavy (non-hydrogen) atoms. The van der Waals surface area contributed by atoms with Crippen molar-refractivity contribution in [3.05, 3.63) is 120 Å². The summed E-state index contributed by atoms with van der Waals surface area (Å²) in [6.07, 6.45) is 2.69. The average Bonchev–Trinajstić information content (AvgIpc) is 3.26. The van der Waals surface area contributed by atoms with Crippen LogP contribution in [0.25, 0.3) is 10.8 Å². The lowest BCUT2D eigenvalue weighted by molar-refractivity contribution is -0.133. The van der Waals surface area contributed by atoms with Gasteiger partial charge in [-0.15, -0.1) is 0 Å². The van der Waals surface area contributed by atoms with Gasteiger partial charge in [-0.25, -0.2) is 4.79 Å². The topological polar surface area (TPSA) is 135 Å². The summed E-state index contributed by atoms with van der Waals surface area (Å²) in [6.45, 7) is 3.81. The van der Waals surface area contributed by atoms with Gasteiger partial charge in [0.15, 0.2) is 5.96 Å². The zero-order valence-corrected chi connectivity index (χ0v) is 27.8. The van der Waals surface area contributed by atoms with E-state index < -0.39 is 12.1 Å². The van der Waals surface area contributed by atoms with Crippen molar-refractivity contribution < 1.29 is 14.3 Å². The minimum Gasteiger partial charge on any atom is -0.450 e. The second kappa shape index (κ2) is 17.3. The van der Waals surface area contributed by atoms with Crippen LogP contribution in [-0.4, -0.2) is 67.2 Å². The Hall–Kier alpha value is -4.89. The largest absolute Gasteiger partial charge is 0.450 e. The number of hydrogen-bond acceptors (Lipinski definition) is 5. The third-order valence-electron chi connectivity index (χ3n) is 8.98. The Balaban J connectivity index is 1.43. The lowest BCUT2D eigenvalue weighted by Crippen LogP contribution is -2.55. The number of nitrogens with two attached hydrogens (primary N) is 2. The molecule has 9 nitrogen and oxygen atoms in total. The summed E-state index contributed by atoms with van der Waals surface area (Å²) in [5, 5.41) is 9.15. The number of guanidine groups is 1. The maximum atomic E-state index is 14.4. The Morgan fingerprint density at radius 1 is 0.958 bits per heavy atom. The normalized spacial score (nSPS) is 17.1. The van der Waals surface area contributed by atoms with E-state index in [1.54, 1.807) is 0 Å². The van der Waals surface area contributed by atoms with Crippen molar-refractivity contribution in [1.82, 2.24) is 15.5 Å². The molecule has 3 atom stereocenters. The number of ether oxygens (including phenoxy) is 1. The van der Waals surface area contributed by atoms with Crippen molar-refractivity contribution in [3.63, 3.8) is 0 Å². The molecule has 6 N–H and O–H groups in total. The number of fused-ring (bicyclic) bond motifs is 1. The summed E-state index contributed by atoms with van der Waals surface area (Å²) in [7, 11) is 0. The van der Waals surface area contributed by atoms with Crippen LogP contribution in [0, 0.1) is 0 Å². The fourth-order valence-corrected chi connectivity index (χ4v) is 6.54. The maximum Gasteiger partial charge on any atom is 0.407 e. The predicted octanol–water partition coefficient (Wildman–Crippen LogP) is 5.33. The Bertz CT molecular complexity index is 1600. The number of benzene rings is 4. The molecule has 4 aromatic carbocycles. The van der Waals surface area contributed by atoms with E-state index in [1.807, 2.05) is 60.4 Å². The van der Waals surface area contributed by atoms with Gasteiger partial charge in [0.2, 0.25) is 5.91 Å². The van der Waals surface area contributed by atoms with E-state index in [0.717, 1.165) is 33.9 Å². The molecular formula is C39H48N6O3. The molecule has 1 fully saturated rings. The molecule has 0 radical (unpaired) electrons. The van der Waals surface area contributed by atoms with Crippen molar-refractivity contribution >= 4 is 28.7 Å². The van der Waals surface area contributed by atoms with Gasteiger partial charge in [0, 0.05) is 31.6 Å².